The van der Waals surface area contributed by atoms with Crippen LogP contribution in [0.4, 0.5) is 0 Å². The molecule has 1 aromatic carbocycles. The minimum absolute atomic E-state index is 0.0812. The molecule has 0 radical (unpaired) electrons. The third kappa shape index (κ3) is 12.1. The van der Waals surface area contributed by atoms with Crippen molar-refractivity contribution in [3.8, 4) is 5.75 Å². The Morgan fingerprint density at radius 1 is 1.37 bits per heavy atom. The van der Waals surface area contributed by atoms with Crippen LogP contribution < -0.4 is 10.5 Å². The van der Waals surface area contributed by atoms with Gasteiger partial charge in [-0.15, -0.1) is 0 Å². The molecule has 0 aliphatic rings. The fourth-order valence-electron chi connectivity index (χ4n) is 0.854. The lowest BCUT2D eigenvalue weighted by molar-refractivity contribution is 0.102. The van der Waals surface area contributed by atoms with Crippen LogP contribution in [0.25, 0.3) is 0 Å². The van der Waals surface area contributed by atoms with Crippen molar-refractivity contribution in [2.75, 3.05) is 19.0 Å². The van der Waals surface area contributed by atoms with Crippen molar-refractivity contribution in [3.63, 3.8) is 0 Å². The van der Waals surface area contributed by atoms with Gasteiger partial charge in [0.15, 0.2) is 5.78 Å². The van der Waals surface area contributed by atoms with E-state index in [1.165, 1.54) is 0 Å². The molecule has 6 heteroatoms. The van der Waals surface area contributed by atoms with E-state index in [1.807, 2.05) is 4.31 Å². The van der Waals surface area contributed by atoms with Gasteiger partial charge < -0.3 is 10.5 Å². The van der Waals surface area contributed by atoms with Gasteiger partial charge in [-0.05, 0) is 61.7 Å². The Hall–Kier alpha value is -0.650. The summed E-state index contributed by atoms with van der Waals surface area (Å²) >= 11 is 11.0. The molecule has 0 fully saturated rings. The van der Waals surface area contributed by atoms with Crippen molar-refractivity contribution < 1.29 is 9.53 Å². The van der Waals surface area contributed by atoms with Crippen LogP contribution in [0.15, 0.2) is 24.3 Å². The Balaban J connectivity index is 0. The number of hydrogen-bond donors (Lipinski definition) is 1. The molecule has 0 spiro atoms. The van der Waals surface area contributed by atoms with Crippen LogP contribution in [-0.2, 0) is 0 Å². The zero-order valence-electron chi connectivity index (χ0n) is 11.0. The summed E-state index contributed by atoms with van der Waals surface area (Å²) < 4.78 is 6.88. The fourth-order valence-corrected chi connectivity index (χ4v) is 1.18. The van der Waals surface area contributed by atoms with Crippen molar-refractivity contribution in [1.82, 2.24) is 0 Å². The van der Waals surface area contributed by atoms with Crippen LogP contribution >= 0.6 is 40.4 Å². The van der Waals surface area contributed by atoms with E-state index in [1.54, 1.807) is 31.4 Å². The van der Waals surface area contributed by atoms with Crippen molar-refractivity contribution >= 4 is 50.5 Å². The molecule has 0 amide bonds. The average Bonchev–Trinajstić information content (AvgIpc) is 2.47. The predicted octanol–water partition coefficient (Wildman–Crippen LogP) is 3.65. The number of benzene rings is 1. The Bertz CT molecular complexity index is 375. The molecular formula is C13H18BrNO2S2. The van der Waals surface area contributed by atoms with Crippen LogP contribution in [0, 0.1) is 0 Å². The highest BCUT2D eigenvalue weighted by Gasteiger charge is 2.02. The van der Waals surface area contributed by atoms with E-state index in [2.05, 4.69) is 47.3 Å². The van der Waals surface area contributed by atoms with Crippen LogP contribution in [0.1, 0.15) is 23.7 Å². The van der Waals surface area contributed by atoms with Crippen LogP contribution in [0.5, 0.6) is 5.75 Å². The molecule has 0 aliphatic carbocycles. The maximum absolute atomic E-state index is 11.1. The minimum atomic E-state index is 0.0812. The van der Waals surface area contributed by atoms with Crippen LogP contribution in [0.2, 0.25) is 0 Å². The highest BCUT2D eigenvalue weighted by Crippen LogP contribution is 2.12. The number of alkyl halides is 1. The summed E-state index contributed by atoms with van der Waals surface area (Å²) in [4.78, 5) is 11.1. The molecule has 0 saturated heterocycles. The summed E-state index contributed by atoms with van der Waals surface area (Å²) in [6, 6.07) is 7.05. The first-order valence-corrected chi connectivity index (χ1v) is 7.47. The van der Waals surface area contributed by atoms with Gasteiger partial charge in [-0.25, -0.2) is 0 Å². The second-order valence-corrected chi connectivity index (χ2v) is 4.38. The molecule has 0 aliphatic heterocycles. The summed E-state index contributed by atoms with van der Waals surface area (Å²) in [5.74, 6) is 0.846. The maximum atomic E-state index is 11.1. The molecule has 1 aromatic rings. The molecule has 2 N–H and O–H groups in total. The van der Waals surface area contributed by atoms with Gasteiger partial charge in [0.1, 0.15) is 5.75 Å². The lowest BCUT2D eigenvalue weighted by Gasteiger charge is -1.99. The molecule has 0 aromatic heterocycles. The van der Waals surface area contributed by atoms with E-state index in [0.717, 1.165) is 18.7 Å². The molecule has 1 rings (SSSR count). The quantitative estimate of drug-likeness (QED) is 0.502. The van der Waals surface area contributed by atoms with E-state index < -0.39 is 0 Å². The number of methoxy groups -OCH3 is 1. The van der Waals surface area contributed by atoms with E-state index in [-0.39, 0.29) is 5.78 Å². The monoisotopic (exact) mass is 363 g/mol. The SMILES string of the molecule is CCCN.COc1ccc(C(=O)CBr)cc1.S=C=S. The number of hydrogen-bond acceptors (Lipinski definition) is 5. The van der Waals surface area contributed by atoms with Crippen molar-refractivity contribution in [3.05, 3.63) is 29.8 Å². The van der Waals surface area contributed by atoms with Crippen molar-refractivity contribution in [1.29, 1.82) is 0 Å². The summed E-state index contributed by atoms with van der Waals surface area (Å²) in [5, 5.41) is 0.360. The summed E-state index contributed by atoms with van der Waals surface area (Å²) in [7, 11) is 1.60. The standard InChI is InChI=1S/C9H9BrO2.C3H9N.CS2/c1-12-8-4-2-7(3-5-8)9(11)6-10;1-2-3-4;2-1-3/h2-5H,6H2,1H3;2-4H2,1H3;. The molecule has 0 unspecified atom stereocenters. The van der Waals surface area contributed by atoms with Gasteiger partial charge >= 0.3 is 0 Å². The zero-order valence-corrected chi connectivity index (χ0v) is 14.2. The Morgan fingerprint density at radius 3 is 2.05 bits per heavy atom. The first-order valence-electron chi connectivity index (χ1n) is 5.53. The molecule has 106 valence electrons. The molecule has 0 heterocycles. The summed E-state index contributed by atoms with van der Waals surface area (Å²) in [5.41, 5.74) is 5.73. The number of Topliss-reactive ketones (excluding diaryl/α,β-unsaturated/α-hetero) is 1. The van der Waals surface area contributed by atoms with Crippen LogP contribution in [-0.4, -0.2) is 29.1 Å². The molecule has 3 nitrogen and oxygen atoms in total. The number of carbonyl (C=O) groups excluding carboxylic acids is 1. The molecule has 0 saturated carbocycles. The van der Waals surface area contributed by atoms with E-state index in [9.17, 15) is 4.79 Å². The van der Waals surface area contributed by atoms with E-state index in [0.29, 0.717) is 10.9 Å². The Labute approximate surface area is 133 Å². The summed E-state index contributed by atoms with van der Waals surface area (Å²) in [6.07, 6.45) is 1.10. The second kappa shape index (κ2) is 15.4. The first-order chi connectivity index (χ1) is 9.10. The largest absolute Gasteiger partial charge is 0.497 e. The smallest absolute Gasteiger partial charge is 0.173 e. The number of thiocarbonyl (C=S) groups is 2. The maximum Gasteiger partial charge on any atom is 0.173 e. The van der Waals surface area contributed by atoms with Gasteiger partial charge in [0.2, 0.25) is 0 Å². The zero-order chi connectivity index (χ0) is 15.1. The third-order valence-corrected chi connectivity index (χ3v) is 2.33. The summed E-state index contributed by atoms with van der Waals surface area (Å²) in [6.45, 7) is 2.88. The number of rotatable bonds is 4. The molecule has 0 atom stereocenters. The van der Waals surface area contributed by atoms with Gasteiger partial charge in [0.05, 0.1) is 12.4 Å². The molecular weight excluding hydrogens is 346 g/mol. The van der Waals surface area contributed by atoms with Gasteiger partial charge in [-0.3, -0.25) is 4.79 Å². The first kappa shape index (κ1) is 20.7. The van der Waals surface area contributed by atoms with Gasteiger partial charge in [0.25, 0.3) is 0 Å². The lowest BCUT2D eigenvalue weighted by atomic mass is 10.1. The Morgan fingerprint density at radius 2 is 1.79 bits per heavy atom. The van der Waals surface area contributed by atoms with E-state index >= 15 is 0 Å². The predicted molar refractivity (Wildman–Crippen MR) is 90.7 cm³/mol. The number of carbonyl (C=O) groups is 1. The Kier molecular flexibility index (Phi) is 16.8. The van der Waals surface area contributed by atoms with Gasteiger partial charge in [-0.2, -0.15) is 0 Å². The molecule has 19 heavy (non-hydrogen) atoms. The van der Waals surface area contributed by atoms with Crippen LogP contribution in [0.3, 0.4) is 0 Å². The highest BCUT2D eigenvalue weighted by molar-refractivity contribution is 9.09. The van der Waals surface area contributed by atoms with E-state index in [4.69, 9.17) is 10.5 Å². The second-order valence-electron chi connectivity index (χ2n) is 3.16. The fraction of sp³-hybridized carbons (Fsp3) is 0.385. The van der Waals surface area contributed by atoms with Gasteiger partial charge in [0, 0.05) is 9.88 Å². The number of nitrogens with two attached hydrogens (primary N) is 1. The highest BCUT2D eigenvalue weighted by atomic mass is 79.9. The number of halogens is 1. The minimum Gasteiger partial charge on any atom is -0.497 e. The topological polar surface area (TPSA) is 52.3 Å². The molecule has 0 bridgehead atoms. The average molecular weight is 364 g/mol. The van der Waals surface area contributed by atoms with Gasteiger partial charge in [-0.1, -0.05) is 22.9 Å². The van der Waals surface area contributed by atoms with Crippen molar-refractivity contribution in [2.45, 2.75) is 13.3 Å². The third-order valence-electron chi connectivity index (χ3n) is 1.82. The lowest BCUT2D eigenvalue weighted by Crippen LogP contribution is -1.98. The number of ether oxygens (including phenoxy) is 1. The number of ketones is 1. The normalized spacial score (nSPS) is 8.00. The van der Waals surface area contributed by atoms with Crippen molar-refractivity contribution in [2.24, 2.45) is 5.73 Å².